The predicted molar refractivity (Wildman–Crippen MR) is 84.9 cm³/mol. The van der Waals surface area contributed by atoms with E-state index < -0.39 is 5.82 Å². The molecule has 0 amide bonds. The molecule has 0 aliphatic heterocycles. The second kappa shape index (κ2) is 7.12. The van der Waals surface area contributed by atoms with E-state index in [1.165, 1.54) is 13.2 Å². The summed E-state index contributed by atoms with van der Waals surface area (Å²) < 4.78 is 18.6. The Morgan fingerprint density at radius 3 is 2.67 bits per heavy atom. The molecule has 2 nitrogen and oxygen atoms in total. The van der Waals surface area contributed by atoms with Crippen LogP contribution in [0.3, 0.4) is 0 Å². The lowest BCUT2D eigenvalue weighted by Crippen LogP contribution is -2.22. The van der Waals surface area contributed by atoms with Crippen molar-refractivity contribution in [1.29, 1.82) is 0 Å². The Hall–Kier alpha value is -1.29. The maximum Gasteiger partial charge on any atom is 0.165 e. The molecule has 5 heteroatoms. The van der Waals surface area contributed by atoms with Gasteiger partial charge in [0.25, 0.3) is 0 Å². The fraction of sp³-hybridized carbons (Fsp3) is 0.250. The van der Waals surface area contributed by atoms with E-state index in [9.17, 15) is 4.39 Å². The van der Waals surface area contributed by atoms with Gasteiger partial charge in [0.2, 0.25) is 0 Å². The van der Waals surface area contributed by atoms with Crippen molar-refractivity contribution < 1.29 is 9.13 Å². The number of hydrogen-bond acceptors (Lipinski definition) is 2. The first kappa shape index (κ1) is 16.1. The molecule has 0 saturated carbocycles. The largest absolute Gasteiger partial charge is 0.494 e. The number of nitrogens with one attached hydrogen (secondary N) is 1. The molecule has 0 fully saturated rings. The minimum atomic E-state index is -0.395. The van der Waals surface area contributed by atoms with Crippen molar-refractivity contribution >= 4 is 23.2 Å². The van der Waals surface area contributed by atoms with Gasteiger partial charge in [-0.1, -0.05) is 48.3 Å². The summed E-state index contributed by atoms with van der Waals surface area (Å²) in [6, 6.07) is 10.1. The van der Waals surface area contributed by atoms with Crippen LogP contribution in [0.5, 0.6) is 5.75 Å². The smallest absolute Gasteiger partial charge is 0.165 e. The quantitative estimate of drug-likeness (QED) is 0.848. The van der Waals surface area contributed by atoms with E-state index >= 15 is 0 Å². The Morgan fingerprint density at radius 1 is 1.24 bits per heavy atom. The second-order valence-electron chi connectivity index (χ2n) is 4.53. The highest BCUT2D eigenvalue weighted by Gasteiger charge is 2.19. The summed E-state index contributed by atoms with van der Waals surface area (Å²) in [7, 11) is 1.44. The van der Waals surface area contributed by atoms with E-state index in [0.29, 0.717) is 10.0 Å². The van der Waals surface area contributed by atoms with Gasteiger partial charge in [0, 0.05) is 0 Å². The molecule has 0 aliphatic carbocycles. The summed E-state index contributed by atoms with van der Waals surface area (Å²) in [5.74, 6) is -0.192. The van der Waals surface area contributed by atoms with Crippen LogP contribution < -0.4 is 10.1 Å². The van der Waals surface area contributed by atoms with Gasteiger partial charge in [0.15, 0.2) is 11.6 Å². The molecule has 2 rings (SSSR count). The van der Waals surface area contributed by atoms with Gasteiger partial charge >= 0.3 is 0 Å². The van der Waals surface area contributed by atoms with Crippen molar-refractivity contribution in [2.24, 2.45) is 0 Å². The molecule has 0 aliphatic rings. The van der Waals surface area contributed by atoms with Crippen molar-refractivity contribution in [2.75, 3.05) is 13.7 Å². The molecule has 0 aromatic heterocycles. The number of rotatable bonds is 5. The molecule has 0 radical (unpaired) electrons. The van der Waals surface area contributed by atoms with Crippen LogP contribution in [0.25, 0.3) is 0 Å². The van der Waals surface area contributed by atoms with Crippen LogP contribution in [0.1, 0.15) is 24.1 Å². The van der Waals surface area contributed by atoms with Gasteiger partial charge in [0.1, 0.15) is 0 Å². The molecule has 0 spiro atoms. The molecule has 1 atom stereocenters. The van der Waals surface area contributed by atoms with Crippen molar-refractivity contribution in [3.8, 4) is 5.75 Å². The zero-order valence-electron chi connectivity index (χ0n) is 11.8. The van der Waals surface area contributed by atoms with E-state index in [-0.39, 0.29) is 11.8 Å². The van der Waals surface area contributed by atoms with E-state index in [4.69, 9.17) is 27.9 Å². The van der Waals surface area contributed by atoms with E-state index in [0.717, 1.165) is 17.7 Å². The maximum absolute atomic E-state index is 13.6. The first-order valence-electron chi connectivity index (χ1n) is 6.59. The number of benzene rings is 2. The Balaban J connectivity index is 2.50. The van der Waals surface area contributed by atoms with Crippen LogP contribution >= 0.6 is 23.2 Å². The molecule has 1 N–H and O–H groups in total. The van der Waals surface area contributed by atoms with Gasteiger partial charge in [-0.3, -0.25) is 0 Å². The lowest BCUT2D eigenvalue weighted by atomic mass is 9.98. The summed E-state index contributed by atoms with van der Waals surface area (Å²) in [5.41, 5.74) is 1.71. The Labute approximate surface area is 133 Å². The lowest BCUT2D eigenvalue weighted by molar-refractivity contribution is 0.385. The van der Waals surface area contributed by atoms with E-state index in [2.05, 4.69) is 5.32 Å². The Bertz CT molecular complexity index is 634. The van der Waals surface area contributed by atoms with E-state index in [1.807, 2.05) is 19.1 Å². The molecule has 0 bridgehead atoms. The summed E-state index contributed by atoms with van der Waals surface area (Å²) in [6.07, 6.45) is 0. The van der Waals surface area contributed by atoms with Crippen LogP contribution in [-0.4, -0.2) is 13.7 Å². The standard InChI is InChI=1S/C16H16Cl2FNO/c1-3-20-16(11-5-4-6-12(17)15(11)18)10-7-8-13(19)14(9-10)21-2/h4-9,16,20H,3H2,1-2H3. The predicted octanol–water partition coefficient (Wildman–Crippen LogP) is 4.84. The highest BCUT2D eigenvalue weighted by Crippen LogP contribution is 2.34. The molecular formula is C16H16Cl2FNO. The van der Waals surface area contributed by atoms with Crippen LogP contribution in [0.2, 0.25) is 10.0 Å². The fourth-order valence-corrected chi connectivity index (χ4v) is 2.63. The molecular weight excluding hydrogens is 312 g/mol. The first-order chi connectivity index (χ1) is 10.1. The van der Waals surface area contributed by atoms with Crippen LogP contribution in [0.15, 0.2) is 36.4 Å². The summed E-state index contributed by atoms with van der Waals surface area (Å²) in [6.45, 7) is 2.72. The van der Waals surface area contributed by atoms with Crippen LogP contribution in [0.4, 0.5) is 4.39 Å². The van der Waals surface area contributed by atoms with Crippen molar-refractivity contribution in [2.45, 2.75) is 13.0 Å². The monoisotopic (exact) mass is 327 g/mol. The van der Waals surface area contributed by atoms with Gasteiger partial charge in [-0.25, -0.2) is 4.39 Å². The second-order valence-corrected chi connectivity index (χ2v) is 5.31. The van der Waals surface area contributed by atoms with E-state index in [1.54, 1.807) is 18.2 Å². The summed E-state index contributed by atoms with van der Waals surface area (Å²) in [5, 5.41) is 4.32. The molecule has 112 valence electrons. The topological polar surface area (TPSA) is 21.3 Å². The zero-order valence-corrected chi connectivity index (χ0v) is 13.3. The highest BCUT2D eigenvalue weighted by molar-refractivity contribution is 6.42. The summed E-state index contributed by atoms with van der Waals surface area (Å²) in [4.78, 5) is 0. The summed E-state index contributed by atoms with van der Waals surface area (Å²) >= 11 is 12.4. The van der Waals surface area contributed by atoms with Gasteiger partial charge in [0.05, 0.1) is 23.2 Å². The molecule has 2 aromatic rings. The SMILES string of the molecule is CCNC(c1ccc(F)c(OC)c1)c1cccc(Cl)c1Cl. The Morgan fingerprint density at radius 2 is 2.00 bits per heavy atom. The fourth-order valence-electron chi connectivity index (χ4n) is 2.21. The number of hydrogen-bond donors (Lipinski definition) is 1. The molecule has 1 unspecified atom stereocenters. The van der Waals surface area contributed by atoms with Gasteiger partial charge in [-0.2, -0.15) is 0 Å². The number of methoxy groups -OCH3 is 1. The van der Waals surface area contributed by atoms with Crippen LogP contribution in [0, 0.1) is 5.82 Å². The van der Waals surface area contributed by atoms with Crippen LogP contribution in [-0.2, 0) is 0 Å². The Kier molecular flexibility index (Phi) is 5.45. The van der Waals surface area contributed by atoms with Gasteiger partial charge in [-0.05, 0) is 35.9 Å². The third-order valence-electron chi connectivity index (χ3n) is 3.21. The van der Waals surface area contributed by atoms with Gasteiger partial charge in [-0.15, -0.1) is 0 Å². The molecule has 0 heterocycles. The number of ether oxygens (including phenoxy) is 1. The molecule has 0 saturated heterocycles. The number of halogens is 3. The third kappa shape index (κ3) is 3.49. The molecule has 21 heavy (non-hydrogen) atoms. The zero-order chi connectivity index (χ0) is 15.4. The minimum absolute atomic E-state index is 0.185. The normalized spacial score (nSPS) is 12.2. The minimum Gasteiger partial charge on any atom is -0.494 e. The highest BCUT2D eigenvalue weighted by atomic mass is 35.5. The average molecular weight is 328 g/mol. The van der Waals surface area contributed by atoms with Gasteiger partial charge < -0.3 is 10.1 Å². The third-order valence-corrected chi connectivity index (χ3v) is 4.04. The van der Waals surface area contributed by atoms with Crippen molar-refractivity contribution in [3.63, 3.8) is 0 Å². The molecule has 2 aromatic carbocycles. The first-order valence-corrected chi connectivity index (χ1v) is 7.34. The lowest BCUT2D eigenvalue weighted by Gasteiger charge is -2.21. The van der Waals surface area contributed by atoms with Crippen molar-refractivity contribution in [3.05, 3.63) is 63.4 Å². The maximum atomic E-state index is 13.6. The average Bonchev–Trinajstić information content (AvgIpc) is 2.49. The van der Waals surface area contributed by atoms with Crippen molar-refractivity contribution in [1.82, 2.24) is 5.32 Å².